The molecule has 10 heteroatoms. The Balaban J connectivity index is 1.90. The van der Waals surface area contributed by atoms with Crippen molar-refractivity contribution < 1.29 is 5.11 Å². The number of hydrogen-bond donors (Lipinski definition) is 4. The van der Waals surface area contributed by atoms with Gasteiger partial charge in [0.1, 0.15) is 29.5 Å². The van der Waals surface area contributed by atoms with Crippen molar-refractivity contribution in [1.82, 2.24) is 24.5 Å². The van der Waals surface area contributed by atoms with Crippen molar-refractivity contribution in [2.24, 2.45) is 0 Å². The number of pyridine rings is 1. The number of fused-ring (bicyclic) bond motifs is 1. The number of aryl methyl sites for hydroxylation is 1. The summed E-state index contributed by atoms with van der Waals surface area (Å²) in [7, 11) is 0. The predicted molar refractivity (Wildman–Crippen MR) is 118 cm³/mol. The molecule has 0 fully saturated rings. The molecule has 10 nitrogen and oxygen atoms in total. The number of aromatic nitrogens is 5. The second-order valence-corrected chi connectivity index (χ2v) is 6.94. The van der Waals surface area contributed by atoms with Crippen LogP contribution in [0.1, 0.15) is 23.9 Å². The van der Waals surface area contributed by atoms with Crippen LogP contribution < -0.4 is 16.6 Å². The van der Waals surface area contributed by atoms with Crippen LogP contribution in [0.5, 0.6) is 5.75 Å². The number of nitrogens with one attached hydrogen (secondary N) is 2. The molecule has 1 aromatic carbocycles. The van der Waals surface area contributed by atoms with Gasteiger partial charge in [-0.1, -0.05) is 12.1 Å². The molecule has 31 heavy (non-hydrogen) atoms. The first-order valence-corrected chi connectivity index (χ1v) is 9.44. The lowest BCUT2D eigenvalue weighted by Crippen LogP contribution is -2.26. The zero-order chi connectivity index (χ0) is 22.1. The Morgan fingerprint density at radius 2 is 2.00 bits per heavy atom. The lowest BCUT2D eigenvalue weighted by atomic mass is 10.2. The first-order chi connectivity index (χ1) is 14.9. The number of nitrogens with two attached hydrogens (primary N) is 1. The smallest absolute Gasteiger partial charge is 0.268 e. The number of rotatable bonds is 5. The molecule has 0 saturated carbocycles. The number of para-hydroxylation sites is 2. The van der Waals surface area contributed by atoms with Crippen molar-refractivity contribution in [2.45, 2.75) is 20.4 Å². The number of phenols is 1. The van der Waals surface area contributed by atoms with Gasteiger partial charge >= 0.3 is 0 Å². The fraction of sp³-hybridized carbons (Fsp3) is 0.143. The minimum absolute atomic E-state index is 0.0594. The fourth-order valence-electron chi connectivity index (χ4n) is 3.38. The quantitative estimate of drug-likeness (QED) is 0.361. The highest BCUT2D eigenvalue weighted by Gasteiger charge is 2.18. The van der Waals surface area contributed by atoms with E-state index >= 15 is 0 Å². The first kappa shape index (κ1) is 20.0. The average Bonchev–Trinajstić information content (AvgIpc) is 2.73. The van der Waals surface area contributed by atoms with E-state index in [1.165, 1.54) is 17.0 Å². The highest BCUT2D eigenvalue weighted by atomic mass is 16.3. The summed E-state index contributed by atoms with van der Waals surface area (Å²) in [5.74, 6) is 0.765. The maximum absolute atomic E-state index is 13.4. The monoisotopic (exact) mass is 416 g/mol. The van der Waals surface area contributed by atoms with E-state index in [0.717, 1.165) is 5.56 Å². The molecule has 156 valence electrons. The molecule has 0 aliphatic carbocycles. The van der Waals surface area contributed by atoms with Crippen LogP contribution in [0.25, 0.3) is 16.7 Å². The number of nitrogen functional groups attached to an aromatic ring is 1. The Bertz CT molecular complexity index is 1380. The zero-order valence-electron chi connectivity index (χ0n) is 16.9. The molecule has 3 aromatic heterocycles. The highest BCUT2D eigenvalue weighted by molar-refractivity contribution is 6.04. The summed E-state index contributed by atoms with van der Waals surface area (Å²) in [4.78, 5) is 30.3. The summed E-state index contributed by atoms with van der Waals surface area (Å²) < 4.78 is 1.35. The molecule has 0 aliphatic rings. The van der Waals surface area contributed by atoms with Gasteiger partial charge in [0, 0.05) is 11.9 Å². The number of phenolic OH excluding ortho intramolecular Hbond substituents is 1. The standard InChI is InChI=1S/C21H20N8O2/c1-11-7-8-24-20-16(11)21(31)29(13-5-3-4-6-14(13)30)15(28-20)9-25-19-17(12(2)22)18(23)26-10-27-19/h3-8,10,22,30H,9H2,1-2H3,(H3,23,25,26,27). The molecule has 3 heterocycles. The number of hydrogen-bond acceptors (Lipinski definition) is 9. The topological polar surface area (TPSA) is 156 Å². The summed E-state index contributed by atoms with van der Waals surface area (Å²) in [5.41, 5.74) is 7.46. The van der Waals surface area contributed by atoms with E-state index in [4.69, 9.17) is 11.1 Å². The van der Waals surface area contributed by atoms with E-state index in [1.54, 1.807) is 37.4 Å². The lowest BCUT2D eigenvalue weighted by Gasteiger charge is -2.16. The van der Waals surface area contributed by atoms with E-state index in [-0.39, 0.29) is 29.4 Å². The van der Waals surface area contributed by atoms with Crippen molar-refractivity contribution in [3.05, 3.63) is 70.2 Å². The van der Waals surface area contributed by atoms with Crippen LogP contribution in [-0.4, -0.2) is 35.3 Å². The van der Waals surface area contributed by atoms with Gasteiger partial charge in [-0.3, -0.25) is 9.36 Å². The molecule has 4 rings (SSSR count). The second kappa shape index (κ2) is 7.82. The third kappa shape index (κ3) is 3.54. The van der Waals surface area contributed by atoms with Crippen LogP contribution in [0.4, 0.5) is 11.6 Å². The van der Waals surface area contributed by atoms with E-state index in [9.17, 15) is 9.90 Å². The van der Waals surface area contributed by atoms with Gasteiger partial charge in [-0.15, -0.1) is 0 Å². The summed E-state index contributed by atoms with van der Waals surface area (Å²) in [6.45, 7) is 3.45. The highest BCUT2D eigenvalue weighted by Crippen LogP contribution is 2.23. The Morgan fingerprint density at radius 3 is 2.74 bits per heavy atom. The molecular formula is C21H20N8O2. The van der Waals surface area contributed by atoms with Crippen LogP contribution in [0.3, 0.4) is 0 Å². The summed E-state index contributed by atoms with van der Waals surface area (Å²) in [6.07, 6.45) is 2.88. The van der Waals surface area contributed by atoms with Gasteiger partial charge in [-0.05, 0) is 37.6 Å². The van der Waals surface area contributed by atoms with Crippen molar-refractivity contribution in [1.29, 1.82) is 5.41 Å². The molecular weight excluding hydrogens is 396 g/mol. The zero-order valence-corrected chi connectivity index (χ0v) is 16.9. The van der Waals surface area contributed by atoms with Gasteiger partial charge in [0.2, 0.25) is 0 Å². The number of aromatic hydroxyl groups is 1. The molecule has 0 unspecified atom stereocenters. The van der Waals surface area contributed by atoms with Crippen molar-refractivity contribution in [2.75, 3.05) is 11.1 Å². The largest absolute Gasteiger partial charge is 0.506 e. The van der Waals surface area contributed by atoms with Gasteiger partial charge in [-0.2, -0.15) is 0 Å². The molecule has 4 aromatic rings. The Morgan fingerprint density at radius 1 is 1.23 bits per heavy atom. The lowest BCUT2D eigenvalue weighted by molar-refractivity contribution is 0.471. The molecule has 0 bridgehead atoms. The average molecular weight is 416 g/mol. The van der Waals surface area contributed by atoms with Crippen LogP contribution in [0, 0.1) is 12.3 Å². The number of anilines is 2. The summed E-state index contributed by atoms with van der Waals surface area (Å²) in [5, 5.41) is 21.8. The number of nitrogens with zero attached hydrogens (tertiary/aromatic N) is 5. The number of benzene rings is 1. The summed E-state index contributed by atoms with van der Waals surface area (Å²) in [6, 6.07) is 8.27. The third-order valence-electron chi connectivity index (χ3n) is 4.84. The third-order valence-corrected chi connectivity index (χ3v) is 4.84. The van der Waals surface area contributed by atoms with E-state index in [2.05, 4.69) is 25.3 Å². The molecule has 0 amide bonds. The van der Waals surface area contributed by atoms with E-state index in [1.807, 2.05) is 6.92 Å². The van der Waals surface area contributed by atoms with Gasteiger partial charge in [0.05, 0.1) is 23.2 Å². The Hall–Kier alpha value is -4.34. The molecule has 0 spiro atoms. The molecule has 0 saturated heterocycles. The molecule has 5 N–H and O–H groups in total. The molecule has 0 aliphatic heterocycles. The SMILES string of the molecule is CC(=N)c1c(N)ncnc1NCc1nc2nccc(C)c2c(=O)n1-c1ccccc1O. The maximum atomic E-state index is 13.4. The van der Waals surface area contributed by atoms with Crippen LogP contribution >= 0.6 is 0 Å². The predicted octanol–water partition coefficient (Wildman–Crippen LogP) is 2.17. The molecule has 0 atom stereocenters. The Labute approximate surface area is 177 Å². The van der Waals surface area contributed by atoms with Crippen LogP contribution in [-0.2, 0) is 6.54 Å². The fourth-order valence-corrected chi connectivity index (χ4v) is 3.38. The van der Waals surface area contributed by atoms with Gasteiger partial charge < -0.3 is 21.6 Å². The van der Waals surface area contributed by atoms with Crippen LogP contribution in [0.15, 0.2) is 47.7 Å². The first-order valence-electron chi connectivity index (χ1n) is 9.44. The van der Waals surface area contributed by atoms with Gasteiger partial charge in [-0.25, -0.2) is 19.9 Å². The van der Waals surface area contributed by atoms with Crippen molar-refractivity contribution >= 4 is 28.4 Å². The van der Waals surface area contributed by atoms with Gasteiger partial charge in [0.15, 0.2) is 5.65 Å². The van der Waals surface area contributed by atoms with Gasteiger partial charge in [0.25, 0.3) is 5.56 Å². The minimum atomic E-state index is -0.348. The van der Waals surface area contributed by atoms with Crippen molar-refractivity contribution in [3.8, 4) is 11.4 Å². The normalized spacial score (nSPS) is 10.9. The minimum Gasteiger partial charge on any atom is -0.506 e. The summed E-state index contributed by atoms with van der Waals surface area (Å²) >= 11 is 0. The van der Waals surface area contributed by atoms with Crippen LogP contribution in [0.2, 0.25) is 0 Å². The van der Waals surface area contributed by atoms with E-state index in [0.29, 0.717) is 33.9 Å². The molecule has 0 radical (unpaired) electrons. The Kier molecular flexibility index (Phi) is 5.04. The van der Waals surface area contributed by atoms with Crippen molar-refractivity contribution in [3.63, 3.8) is 0 Å². The van der Waals surface area contributed by atoms with E-state index < -0.39 is 0 Å². The second-order valence-electron chi connectivity index (χ2n) is 6.94. The maximum Gasteiger partial charge on any atom is 0.268 e.